The number of rotatable bonds is 5. The Bertz CT molecular complexity index is 535. The molecule has 0 aliphatic heterocycles. The SMILES string of the molecule is NC(N)=NCCCc1nc(C(=O)S)c(O)[nH]c1=O. The number of H-pyrrole nitrogens is 1. The van der Waals surface area contributed by atoms with Gasteiger partial charge in [0.05, 0.1) is 0 Å². The van der Waals surface area contributed by atoms with Crippen molar-refractivity contribution in [3.05, 3.63) is 21.7 Å². The quantitative estimate of drug-likeness (QED) is 0.196. The standard InChI is InChI=1S/C9H13N5O3S/c10-9(11)12-3-1-2-4-6(15)14-7(16)5(13-4)8(17)18/h1-3H2,(H,17,18)(H4,10,11,12)(H2,14,15,16). The Balaban J connectivity index is 2.83. The van der Waals surface area contributed by atoms with Crippen LogP contribution < -0.4 is 17.0 Å². The molecule has 0 amide bonds. The fraction of sp³-hybridized carbons (Fsp3) is 0.333. The minimum absolute atomic E-state index is 0.0335. The maximum absolute atomic E-state index is 11.4. The van der Waals surface area contributed by atoms with Gasteiger partial charge in [0.25, 0.3) is 5.56 Å². The molecule has 0 saturated carbocycles. The molecule has 0 radical (unpaired) electrons. The molecule has 0 aromatic carbocycles. The minimum atomic E-state index is -0.728. The average molecular weight is 271 g/mol. The van der Waals surface area contributed by atoms with Crippen molar-refractivity contribution in [2.75, 3.05) is 6.54 Å². The molecule has 0 aliphatic carbocycles. The number of aromatic hydroxyl groups is 1. The highest BCUT2D eigenvalue weighted by Gasteiger charge is 2.13. The fourth-order valence-electron chi connectivity index (χ4n) is 1.25. The number of guanidine groups is 1. The first kappa shape index (κ1) is 14.0. The molecule has 0 atom stereocenters. The van der Waals surface area contributed by atoms with Gasteiger partial charge in [0.15, 0.2) is 11.7 Å². The Kier molecular flexibility index (Phi) is 4.72. The number of aryl methyl sites for hydroxylation is 1. The third kappa shape index (κ3) is 3.77. The second-order valence-electron chi connectivity index (χ2n) is 3.43. The number of nitrogens with two attached hydrogens (primary N) is 2. The zero-order chi connectivity index (χ0) is 13.7. The lowest BCUT2D eigenvalue weighted by Crippen LogP contribution is -2.23. The molecule has 1 aromatic rings. The number of carbonyl (C=O) groups excluding carboxylic acids is 1. The zero-order valence-electron chi connectivity index (χ0n) is 9.38. The Morgan fingerprint density at radius 2 is 2.17 bits per heavy atom. The maximum Gasteiger partial charge on any atom is 0.272 e. The van der Waals surface area contributed by atoms with Gasteiger partial charge in [-0.15, -0.1) is 0 Å². The molecule has 0 fully saturated rings. The van der Waals surface area contributed by atoms with Crippen LogP contribution in [0.15, 0.2) is 9.79 Å². The zero-order valence-corrected chi connectivity index (χ0v) is 10.3. The molecule has 0 aliphatic rings. The summed E-state index contributed by atoms with van der Waals surface area (Å²) in [6, 6.07) is 0. The van der Waals surface area contributed by atoms with E-state index >= 15 is 0 Å². The maximum atomic E-state index is 11.4. The van der Waals surface area contributed by atoms with E-state index in [9.17, 15) is 14.7 Å². The van der Waals surface area contributed by atoms with Crippen LogP contribution in [-0.4, -0.2) is 32.7 Å². The number of hydrogen-bond donors (Lipinski definition) is 5. The molecule has 9 heteroatoms. The number of carbonyl (C=O) groups is 1. The van der Waals surface area contributed by atoms with Crippen LogP contribution in [0.1, 0.15) is 22.6 Å². The van der Waals surface area contributed by atoms with Crippen LogP contribution >= 0.6 is 12.6 Å². The second kappa shape index (κ2) is 6.05. The van der Waals surface area contributed by atoms with E-state index in [1.165, 1.54) is 0 Å². The van der Waals surface area contributed by atoms with E-state index in [0.717, 1.165) is 0 Å². The van der Waals surface area contributed by atoms with Crippen molar-refractivity contribution < 1.29 is 9.90 Å². The molecule has 6 N–H and O–H groups in total. The summed E-state index contributed by atoms with van der Waals surface area (Å²) >= 11 is 3.54. The van der Waals surface area contributed by atoms with Gasteiger partial charge in [-0.2, -0.15) is 0 Å². The number of nitrogens with zero attached hydrogens (tertiary/aromatic N) is 2. The lowest BCUT2D eigenvalue weighted by molar-refractivity contribution is 0.108. The first-order valence-electron chi connectivity index (χ1n) is 5.02. The van der Waals surface area contributed by atoms with E-state index in [4.69, 9.17) is 11.5 Å². The van der Waals surface area contributed by atoms with Crippen molar-refractivity contribution in [2.24, 2.45) is 16.5 Å². The van der Waals surface area contributed by atoms with Crippen molar-refractivity contribution in [3.63, 3.8) is 0 Å². The normalized spacial score (nSPS) is 10.1. The summed E-state index contributed by atoms with van der Waals surface area (Å²) in [4.78, 5) is 32.1. The average Bonchev–Trinajstić information content (AvgIpc) is 2.25. The summed E-state index contributed by atoms with van der Waals surface area (Å²) in [6.45, 7) is 0.342. The van der Waals surface area contributed by atoms with Crippen molar-refractivity contribution in [2.45, 2.75) is 12.8 Å². The molecule has 1 rings (SSSR count). The van der Waals surface area contributed by atoms with Gasteiger partial charge in [0, 0.05) is 6.54 Å². The molecular formula is C9H13N5O3S. The van der Waals surface area contributed by atoms with Gasteiger partial charge in [-0.1, -0.05) is 12.6 Å². The highest BCUT2D eigenvalue weighted by Crippen LogP contribution is 2.11. The third-order valence-corrected chi connectivity index (χ3v) is 2.25. The number of nitrogens with one attached hydrogen (secondary N) is 1. The van der Waals surface area contributed by atoms with Crippen LogP contribution in [-0.2, 0) is 6.42 Å². The molecular weight excluding hydrogens is 258 g/mol. The molecule has 8 nitrogen and oxygen atoms in total. The van der Waals surface area contributed by atoms with Crippen LogP contribution in [0.25, 0.3) is 0 Å². The van der Waals surface area contributed by atoms with Crippen molar-refractivity contribution in [3.8, 4) is 5.88 Å². The van der Waals surface area contributed by atoms with E-state index in [1.54, 1.807) is 0 Å². The van der Waals surface area contributed by atoms with Gasteiger partial charge in [-0.05, 0) is 12.8 Å². The summed E-state index contributed by atoms with van der Waals surface area (Å²) in [7, 11) is 0. The first-order valence-corrected chi connectivity index (χ1v) is 5.47. The van der Waals surface area contributed by atoms with Crippen LogP contribution in [0.2, 0.25) is 0 Å². The van der Waals surface area contributed by atoms with E-state index in [1.807, 2.05) is 0 Å². The molecule has 18 heavy (non-hydrogen) atoms. The Labute approximate surface area is 108 Å². The number of aliphatic imine (C=N–C) groups is 1. The highest BCUT2D eigenvalue weighted by molar-refractivity contribution is 7.97. The van der Waals surface area contributed by atoms with Gasteiger partial charge in [-0.25, -0.2) is 4.98 Å². The lowest BCUT2D eigenvalue weighted by atomic mass is 10.2. The van der Waals surface area contributed by atoms with E-state index < -0.39 is 16.6 Å². The predicted molar refractivity (Wildman–Crippen MR) is 68.8 cm³/mol. The van der Waals surface area contributed by atoms with Crippen LogP contribution in [0.5, 0.6) is 5.88 Å². The molecule has 0 unspecified atom stereocenters. The molecule has 1 heterocycles. The van der Waals surface area contributed by atoms with Crippen molar-refractivity contribution >= 4 is 23.7 Å². The summed E-state index contributed by atoms with van der Waals surface area (Å²) in [5.74, 6) is -0.623. The second-order valence-corrected chi connectivity index (χ2v) is 3.83. The first-order chi connectivity index (χ1) is 8.41. The summed E-state index contributed by atoms with van der Waals surface area (Å²) in [5, 5.41) is 8.56. The topological polar surface area (TPSA) is 147 Å². The van der Waals surface area contributed by atoms with E-state index in [0.29, 0.717) is 13.0 Å². The number of aromatic nitrogens is 2. The van der Waals surface area contributed by atoms with Crippen molar-refractivity contribution in [1.29, 1.82) is 0 Å². The molecule has 0 bridgehead atoms. The summed E-state index contributed by atoms with van der Waals surface area (Å²) in [6.07, 6.45) is 0.763. The van der Waals surface area contributed by atoms with Gasteiger partial charge in [0.1, 0.15) is 5.69 Å². The Hall–Kier alpha value is -2.03. The summed E-state index contributed by atoms with van der Waals surface area (Å²) < 4.78 is 0. The van der Waals surface area contributed by atoms with E-state index in [2.05, 4.69) is 27.6 Å². The van der Waals surface area contributed by atoms with Crippen molar-refractivity contribution in [1.82, 2.24) is 9.97 Å². The monoisotopic (exact) mass is 271 g/mol. The van der Waals surface area contributed by atoms with Gasteiger partial charge < -0.3 is 16.6 Å². The van der Waals surface area contributed by atoms with E-state index in [-0.39, 0.29) is 23.8 Å². The van der Waals surface area contributed by atoms with Crippen LogP contribution in [0.4, 0.5) is 0 Å². The van der Waals surface area contributed by atoms with Crippen LogP contribution in [0, 0.1) is 0 Å². The fourth-order valence-corrected chi connectivity index (χ4v) is 1.41. The molecule has 1 aromatic heterocycles. The largest absolute Gasteiger partial charge is 0.493 e. The molecule has 0 saturated heterocycles. The Morgan fingerprint density at radius 3 is 2.72 bits per heavy atom. The Morgan fingerprint density at radius 1 is 1.50 bits per heavy atom. The number of thiol groups is 1. The van der Waals surface area contributed by atoms with Gasteiger partial charge in [-0.3, -0.25) is 19.6 Å². The van der Waals surface area contributed by atoms with Gasteiger partial charge >= 0.3 is 0 Å². The van der Waals surface area contributed by atoms with Crippen LogP contribution in [0.3, 0.4) is 0 Å². The third-order valence-electron chi connectivity index (χ3n) is 2.03. The molecule has 98 valence electrons. The van der Waals surface area contributed by atoms with Gasteiger partial charge in [0.2, 0.25) is 11.0 Å². The summed E-state index contributed by atoms with van der Waals surface area (Å²) in [5.41, 5.74) is 9.56. The smallest absolute Gasteiger partial charge is 0.272 e. The lowest BCUT2D eigenvalue weighted by Gasteiger charge is -2.02. The predicted octanol–water partition coefficient (Wildman–Crippen LogP) is -1.25. The highest BCUT2D eigenvalue weighted by atomic mass is 32.1. The number of aromatic amines is 1. The number of hydrogen-bond acceptors (Lipinski definition) is 5. The minimum Gasteiger partial charge on any atom is -0.493 e. The molecule has 0 spiro atoms.